The van der Waals surface area contributed by atoms with Crippen molar-refractivity contribution < 1.29 is 14.1 Å². The van der Waals surface area contributed by atoms with Gasteiger partial charge in [-0.05, 0) is 19.1 Å². The van der Waals surface area contributed by atoms with Crippen LogP contribution in [0.1, 0.15) is 17.3 Å². The van der Waals surface area contributed by atoms with Crippen LogP contribution in [0.25, 0.3) is 11.3 Å². The molecule has 0 saturated carbocycles. The highest BCUT2D eigenvalue weighted by molar-refractivity contribution is 5.86. The molecule has 4 heteroatoms. The van der Waals surface area contributed by atoms with E-state index >= 15 is 0 Å². The third-order valence-corrected chi connectivity index (χ3v) is 2.17. The van der Waals surface area contributed by atoms with E-state index in [1.807, 2.05) is 31.2 Å². The fourth-order valence-electron chi connectivity index (χ4n) is 1.48. The van der Waals surface area contributed by atoms with Crippen LogP contribution >= 0.6 is 0 Å². The van der Waals surface area contributed by atoms with Crippen molar-refractivity contribution in [3.8, 4) is 17.0 Å². The summed E-state index contributed by atoms with van der Waals surface area (Å²) < 4.78 is 10.2. The van der Waals surface area contributed by atoms with Crippen molar-refractivity contribution in [1.82, 2.24) is 5.16 Å². The summed E-state index contributed by atoms with van der Waals surface area (Å²) in [5.74, 6) is 0.696. The number of ether oxygens (including phenoxy) is 1. The monoisotopic (exact) mass is 217 g/mol. The molecule has 0 fully saturated rings. The molecular formula is C12H11NO3. The minimum atomic E-state index is 0.423. The number of carbonyl (C=O) groups excluding carboxylic acids is 1. The number of aromatic nitrogens is 1. The van der Waals surface area contributed by atoms with Gasteiger partial charge in [-0.3, -0.25) is 4.79 Å². The lowest BCUT2D eigenvalue weighted by Crippen LogP contribution is -1.95. The van der Waals surface area contributed by atoms with Gasteiger partial charge in [0.25, 0.3) is 0 Å². The minimum Gasteiger partial charge on any atom is -0.493 e. The van der Waals surface area contributed by atoms with Gasteiger partial charge in [-0.1, -0.05) is 17.3 Å². The Labute approximate surface area is 92.8 Å². The number of aldehydes is 1. The van der Waals surface area contributed by atoms with Crippen LogP contribution in [-0.4, -0.2) is 18.0 Å². The molecule has 16 heavy (non-hydrogen) atoms. The molecule has 0 aliphatic heterocycles. The summed E-state index contributed by atoms with van der Waals surface area (Å²) in [6.07, 6.45) is 2.04. The SMILES string of the molecule is CCOc1ccccc1-c1nocc1C=O. The van der Waals surface area contributed by atoms with Gasteiger partial charge in [0.05, 0.1) is 12.2 Å². The smallest absolute Gasteiger partial charge is 0.155 e. The van der Waals surface area contributed by atoms with Gasteiger partial charge >= 0.3 is 0 Å². The maximum atomic E-state index is 10.8. The van der Waals surface area contributed by atoms with Gasteiger partial charge in [0.15, 0.2) is 6.29 Å². The highest BCUT2D eigenvalue weighted by Crippen LogP contribution is 2.30. The van der Waals surface area contributed by atoms with Gasteiger partial charge in [-0.25, -0.2) is 0 Å². The zero-order chi connectivity index (χ0) is 11.4. The first kappa shape index (κ1) is 10.4. The van der Waals surface area contributed by atoms with Crippen molar-refractivity contribution in [3.63, 3.8) is 0 Å². The summed E-state index contributed by atoms with van der Waals surface area (Å²) in [6.45, 7) is 2.46. The van der Waals surface area contributed by atoms with Crippen LogP contribution < -0.4 is 4.74 Å². The summed E-state index contributed by atoms with van der Waals surface area (Å²) in [5, 5.41) is 3.81. The fourth-order valence-corrected chi connectivity index (χ4v) is 1.48. The Balaban J connectivity index is 2.50. The summed E-state index contributed by atoms with van der Waals surface area (Å²) in [5.41, 5.74) is 1.70. The molecule has 0 atom stereocenters. The van der Waals surface area contributed by atoms with E-state index in [-0.39, 0.29) is 0 Å². The molecule has 0 amide bonds. The van der Waals surface area contributed by atoms with Gasteiger partial charge < -0.3 is 9.26 Å². The van der Waals surface area contributed by atoms with E-state index in [4.69, 9.17) is 9.26 Å². The minimum absolute atomic E-state index is 0.423. The molecule has 0 saturated heterocycles. The van der Waals surface area contributed by atoms with Crippen LogP contribution in [0.4, 0.5) is 0 Å². The Kier molecular flexibility index (Phi) is 3.00. The van der Waals surface area contributed by atoms with Crippen molar-refractivity contribution in [3.05, 3.63) is 36.1 Å². The zero-order valence-corrected chi connectivity index (χ0v) is 8.84. The first-order valence-corrected chi connectivity index (χ1v) is 4.98. The van der Waals surface area contributed by atoms with Crippen LogP contribution in [0.5, 0.6) is 5.75 Å². The largest absolute Gasteiger partial charge is 0.493 e. The molecule has 1 heterocycles. The quantitative estimate of drug-likeness (QED) is 0.738. The molecule has 0 N–H and O–H groups in total. The summed E-state index contributed by atoms with van der Waals surface area (Å²) in [6, 6.07) is 7.41. The van der Waals surface area contributed by atoms with Gasteiger partial charge in [-0.15, -0.1) is 0 Å². The second-order valence-electron chi connectivity index (χ2n) is 3.17. The van der Waals surface area contributed by atoms with Gasteiger partial charge in [-0.2, -0.15) is 0 Å². The first-order valence-electron chi connectivity index (χ1n) is 4.98. The average molecular weight is 217 g/mol. The maximum absolute atomic E-state index is 10.8. The van der Waals surface area contributed by atoms with E-state index in [9.17, 15) is 4.79 Å². The van der Waals surface area contributed by atoms with Crippen molar-refractivity contribution in [2.24, 2.45) is 0 Å². The summed E-state index contributed by atoms with van der Waals surface area (Å²) in [4.78, 5) is 10.8. The van der Waals surface area contributed by atoms with E-state index in [1.165, 1.54) is 6.26 Å². The Morgan fingerprint density at radius 1 is 1.44 bits per heavy atom. The lowest BCUT2D eigenvalue weighted by Gasteiger charge is -2.07. The topological polar surface area (TPSA) is 52.3 Å². The number of para-hydroxylation sites is 1. The molecule has 82 valence electrons. The van der Waals surface area contributed by atoms with Gasteiger partial charge in [0.2, 0.25) is 0 Å². The van der Waals surface area contributed by atoms with E-state index < -0.39 is 0 Å². The second kappa shape index (κ2) is 4.61. The van der Waals surface area contributed by atoms with E-state index in [2.05, 4.69) is 5.16 Å². The van der Waals surface area contributed by atoms with E-state index in [1.54, 1.807) is 0 Å². The Bertz CT molecular complexity index is 491. The summed E-state index contributed by atoms with van der Waals surface area (Å²) >= 11 is 0. The number of hydrogen-bond acceptors (Lipinski definition) is 4. The lowest BCUT2D eigenvalue weighted by molar-refractivity contribution is 0.112. The van der Waals surface area contributed by atoms with Gasteiger partial charge in [0.1, 0.15) is 17.7 Å². The maximum Gasteiger partial charge on any atom is 0.155 e. The molecule has 4 nitrogen and oxygen atoms in total. The van der Waals surface area contributed by atoms with Crippen molar-refractivity contribution in [2.45, 2.75) is 6.92 Å². The molecule has 2 aromatic rings. The Morgan fingerprint density at radius 3 is 3.00 bits per heavy atom. The van der Waals surface area contributed by atoms with Crippen molar-refractivity contribution in [2.75, 3.05) is 6.61 Å². The third kappa shape index (κ3) is 1.82. The summed E-state index contributed by atoms with van der Waals surface area (Å²) in [7, 11) is 0. The van der Waals surface area contributed by atoms with Crippen LogP contribution in [-0.2, 0) is 0 Å². The molecule has 0 spiro atoms. The molecule has 1 aromatic carbocycles. The van der Waals surface area contributed by atoms with Crippen LogP contribution in [0.15, 0.2) is 35.1 Å². The predicted molar refractivity (Wildman–Crippen MR) is 58.5 cm³/mol. The molecule has 1 aromatic heterocycles. The molecule has 0 aliphatic rings. The number of nitrogens with zero attached hydrogens (tertiary/aromatic N) is 1. The second-order valence-corrected chi connectivity index (χ2v) is 3.17. The average Bonchev–Trinajstić information content (AvgIpc) is 2.78. The molecular weight excluding hydrogens is 206 g/mol. The normalized spacial score (nSPS) is 10.1. The van der Waals surface area contributed by atoms with Crippen LogP contribution in [0.2, 0.25) is 0 Å². The zero-order valence-electron chi connectivity index (χ0n) is 8.84. The first-order chi connectivity index (χ1) is 7.86. The highest BCUT2D eigenvalue weighted by atomic mass is 16.5. The number of hydrogen-bond donors (Lipinski definition) is 0. The van der Waals surface area contributed by atoms with Gasteiger partial charge in [0, 0.05) is 5.56 Å². The fraction of sp³-hybridized carbons (Fsp3) is 0.167. The van der Waals surface area contributed by atoms with E-state index in [0.29, 0.717) is 29.9 Å². The van der Waals surface area contributed by atoms with Crippen molar-refractivity contribution in [1.29, 1.82) is 0 Å². The number of benzene rings is 1. The van der Waals surface area contributed by atoms with E-state index in [0.717, 1.165) is 5.56 Å². The number of carbonyl (C=O) groups is 1. The Morgan fingerprint density at radius 2 is 2.25 bits per heavy atom. The Hall–Kier alpha value is -2.10. The molecule has 0 unspecified atom stereocenters. The molecule has 0 bridgehead atoms. The molecule has 2 rings (SSSR count). The molecule has 0 radical (unpaired) electrons. The lowest BCUT2D eigenvalue weighted by atomic mass is 10.1. The van der Waals surface area contributed by atoms with Crippen LogP contribution in [0, 0.1) is 0 Å². The number of rotatable bonds is 4. The standard InChI is InChI=1S/C12H11NO3/c1-2-15-11-6-4-3-5-10(11)12-9(7-14)8-16-13-12/h3-8H,2H2,1H3. The van der Waals surface area contributed by atoms with Crippen molar-refractivity contribution >= 4 is 6.29 Å². The molecule has 0 aliphatic carbocycles. The highest BCUT2D eigenvalue weighted by Gasteiger charge is 2.13. The predicted octanol–water partition coefficient (Wildman–Crippen LogP) is 2.55. The van der Waals surface area contributed by atoms with Crippen LogP contribution in [0.3, 0.4) is 0 Å². The third-order valence-electron chi connectivity index (χ3n) is 2.17.